The summed E-state index contributed by atoms with van der Waals surface area (Å²) in [5.74, 6) is 0.390. The molecular weight excluding hydrogens is 322 g/mol. The molecule has 2 aromatic carbocycles. The van der Waals surface area contributed by atoms with Gasteiger partial charge in [-0.25, -0.2) is 4.79 Å². The summed E-state index contributed by atoms with van der Waals surface area (Å²) < 4.78 is 16.2. The Balaban J connectivity index is 1.73. The Morgan fingerprint density at radius 2 is 1.96 bits per heavy atom. The van der Waals surface area contributed by atoms with Crippen LogP contribution >= 0.6 is 0 Å². The molecule has 0 saturated heterocycles. The SMILES string of the molecule is CCOC(=O)c1ccc(C)c(NC(=O)C2COc3ccccc3O2)c1. The van der Waals surface area contributed by atoms with Gasteiger partial charge in [-0.1, -0.05) is 18.2 Å². The molecule has 1 unspecified atom stereocenters. The lowest BCUT2D eigenvalue weighted by Crippen LogP contribution is -2.40. The lowest BCUT2D eigenvalue weighted by Gasteiger charge is -2.25. The van der Waals surface area contributed by atoms with Gasteiger partial charge in [-0.05, 0) is 43.7 Å². The topological polar surface area (TPSA) is 73.9 Å². The summed E-state index contributed by atoms with van der Waals surface area (Å²) >= 11 is 0. The minimum atomic E-state index is -0.763. The number of carbonyl (C=O) groups is 2. The number of rotatable bonds is 4. The maximum Gasteiger partial charge on any atom is 0.338 e. The van der Waals surface area contributed by atoms with E-state index in [0.717, 1.165) is 5.56 Å². The van der Waals surface area contributed by atoms with Crippen molar-refractivity contribution < 1.29 is 23.8 Å². The van der Waals surface area contributed by atoms with Crippen LogP contribution < -0.4 is 14.8 Å². The standard InChI is InChI=1S/C19H19NO5/c1-3-23-19(22)13-9-8-12(2)14(10-13)20-18(21)17-11-24-15-6-4-5-7-16(15)25-17/h4-10,17H,3,11H2,1-2H3,(H,20,21). The van der Waals surface area contributed by atoms with Crippen molar-refractivity contribution in [2.75, 3.05) is 18.5 Å². The van der Waals surface area contributed by atoms with Crippen molar-refractivity contribution in [2.24, 2.45) is 0 Å². The second-order valence-electron chi connectivity index (χ2n) is 5.60. The number of ether oxygens (including phenoxy) is 3. The molecule has 0 aromatic heterocycles. The Bertz CT molecular complexity index is 802. The number of para-hydroxylation sites is 2. The number of anilines is 1. The summed E-state index contributed by atoms with van der Waals surface area (Å²) in [5, 5.41) is 2.80. The Morgan fingerprint density at radius 3 is 2.72 bits per heavy atom. The van der Waals surface area contributed by atoms with Gasteiger partial charge < -0.3 is 19.5 Å². The van der Waals surface area contributed by atoms with Crippen LogP contribution in [0, 0.1) is 6.92 Å². The van der Waals surface area contributed by atoms with Crippen molar-refractivity contribution in [2.45, 2.75) is 20.0 Å². The first-order chi connectivity index (χ1) is 12.1. The largest absolute Gasteiger partial charge is 0.485 e. The molecule has 3 rings (SSSR count). The van der Waals surface area contributed by atoms with Crippen molar-refractivity contribution in [1.82, 2.24) is 0 Å². The molecule has 1 atom stereocenters. The van der Waals surface area contributed by atoms with Crippen LogP contribution in [0.1, 0.15) is 22.8 Å². The average molecular weight is 341 g/mol. The molecule has 1 aliphatic heterocycles. The highest BCUT2D eigenvalue weighted by atomic mass is 16.6. The highest BCUT2D eigenvalue weighted by Gasteiger charge is 2.27. The molecule has 0 aliphatic carbocycles. The van der Waals surface area contributed by atoms with E-state index < -0.39 is 12.1 Å². The minimum Gasteiger partial charge on any atom is -0.485 e. The maximum absolute atomic E-state index is 12.5. The minimum absolute atomic E-state index is 0.124. The van der Waals surface area contributed by atoms with Gasteiger partial charge in [0.25, 0.3) is 5.91 Å². The van der Waals surface area contributed by atoms with Crippen LogP contribution in [-0.2, 0) is 9.53 Å². The number of amides is 1. The summed E-state index contributed by atoms with van der Waals surface area (Å²) in [6.45, 7) is 4.01. The number of nitrogens with one attached hydrogen (secondary N) is 1. The molecule has 2 aromatic rings. The molecular formula is C19H19NO5. The van der Waals surface area contributed by atoms with Crippen LogP contribution in [0.15, 0.2) is 42.5 Å². The first kappa shape index (κ1) is 16.8. The second-order valence-corrected chi connectivity index (χ2v) is 5.60. The molecule has 0 saturated carbocycles. The van der Waals surface area contributed by atoms with Gasteiger partial charge in [0.2, 0.25) is 6.10 Å². The van der Waals surface area contributed by atoms with E-state index in [0.29, 0.717) is 29.4 Å². The number of hydrogen-bond acceptors (Lipinski definition) is 5. The molecule has 1 heterocycles. The van der Waals surface area contributed by atoms with Crippen LogP contribution in [0.4, 0.5) is 5.69 Å². The summed E-state index contributed by atoms with van der Waals surface area (Å²) in [5.41, 5.74) is 1.76. The molecule has 1 aliphatic rings. The van der Waals surface area contributed by atoms with Gasteiger partial charge in [0.15, 0.2) is 11.5 Å². The quantitative estimate of drug-likeness (QED) is 0.866. The van der Waals surface area contributed by atoms with Crippen molar-refractivity contribution in [3.05, 3.63) is 53.6 Å². The van der Waals surface area contributed by atoms with E-state index in [1.165, 1.54) is 0 Å². The molecule has 130 valence electrons. The number of esters is 1. The van der Waals surface area contributed by atoms with Gasteiger partial charge in [0.05, 0.1) is 12.2 Å². The molecule has 0 bridgehead atoms. The maximum atomic E-state index is 12.5. The predicted octanol–water partition coefficient (Wildman–Crippen LogP) is 2.95. The van der Waals surface area contributed by atoms with Gasteiger partial charge in [0.1, 0.15) is 6.61 Å². The first-order valence-electron chi connectivity index (χ1n) is 8.05. The predicted molar refractivity (Wildman–Crippen MR) is 92.1 cm³/mol. The van der Waals surface area contributed by atoms with E-state index in [2.05, 4.69) is 5.32 Å². The highest BCUT2D eigenvalue weighted by Crippen LogP contribution is 2.31. The van der Waals surface area contributed by atoms with Gasteiger partial charge >= 0.3 is 5.97 Å². The van der Waals surface area contributed by atoms with Gasteiger partial charge in [0, 0.05) is 5.69 Å². The highest BCUT2D eigenvalue weighted by molar-refractivity contribution is 5.97. The summed E-state index contributed by atoms with van der Waals surface area (Å²) in [6.07, 6.45) is -0.763. The normalized spacial score (nSPS) is 15.4. The van der Waals surface area contributed by atoms with E-state index in [9.17, 15) is 9.59 Å². The Labute approximate surface area is 145 Å². The summed E-state index contributed by atoms with van der Waals surface area (Å²) in [6, 6.07) is 12.2. The van der Waals surface area contributed by atoms with Crippen LogP contribution in [0.3, 0.4) is 0 Å². The van der Waals surface area contributed by atoms with E-state index in [1.807, 2.05) is 19.1 Å². The van der Waals surface area contributed by atoms with Crippen molar-refractivity contribution in [3.63, 3.8) is 0 Å². The third-order valence-corrected chi connectivity index (χ3v) is 3.81. The Kier molecular flexibility index (Phi) is 4.88. The fourth-order valence-corrected chi connectivity index (χ4v) is 2.46. The summed E-state index contributed by atoms with van der Waals surface area (Å²) in [4.78, 5) is 24.4. The molecule has 25 heavy (non-hydrogen) atoms. The zero-order valence-electron chi connectivity index (χ0n) is 14.1. The van der Waals surface area contributed by atoms with Gasteiger partial charge in [-0.3, -0.25) is 4.79 Å². The third kappa shape index (κ3) is 3.74. The number of hydrogen-bond donors (Lipinski definition) is 1. The molecule has 6 nitrogen and oxygen atoms in total. The zero-order valence-corrected chi connectivity index (χ0v) is 14.1. The van der Waals surface area contributed by atoms with Crippen LogP contribution in [0.5, 0.6) is 11.5 Å². The van der Waals surface area contributed by atoms with Crippen LogP contribution in [0.25, 0.3) is 0 Å². The molecule has 6 heteroatoms. The van der Waals surface area contributed by atoms with Gasteiger partial charge in [-0.15, -0.1) is 0 Å². The van der Waals surface area contributed by atoms with Gasteiger partial charge in [-0.2, -0.15) is 0 Å². The Morgan fingerprint density at radius 1 is 1.20 bits per heavy atom. The summed E-state index contributed by atoms with van der Waals surface area (Å²) in [7, 11) is 0. The zero-order chi connectivity index (χ0) is 17.8. The second kappa shape index (κ2) is 7.25. The van der Waals surface area contributed by atoms with Crippen molar-refractivity contribution in [3.8, 4) is 11.5 Å². The smallest absolute Gasteiger partial charge is 0.338 e. The first-order valence-corrected chi connectivity index (χ1v) is 8.05. The molecule has 0 fully saturated rings. The van der Waals surface area contributed by atoms with E-state index in [-0.39, 0.29) is 12.5 Å². The molecule has 1 N–H and O–H groups in total. The number of fused-ring (bicyclic) bond motifs is 1. The fraction of sp³-hybridized carbons (Fsp3) is 0.263. The number of carbonyl (C=O) groups excluding carboxylic acids is 2. The third-order valence-electron chi connectivity index (χ3n) is 3.81. The van der Waals surface area contributed by atoms with E-state index >= 15 is 0 Å². The average Bonchev–Trinajstić information content (AvgIpc) is 2.63. The lowest BCUT2D eigenvalue weighted by molar-refractivity contribution is -0.125. The van der Waals surface area contributed by atoms with Crippen LogP contribution in [0.2, 0.25) is 0 Å². The number of benzene rings is 2. The molecule has 1 amide bonds. The molecule has 0 spiro atoms. The van der Waals surface area contributed by atoms with Crippen molar-refractivity contribution >= 4 is 17.6 Å². The van der Waals surface area contributed by atoms with E-state index in [4.69, 9.17) is 14.2 Å². The Hall–Kier alpha value is -3.02. The lowest BCUT2D eigenvalue weighted by atomic mass is 10.1. The van der Waals surface area contributed by atoms with E-state index in [1.54, 1.807) is 37.3 Å². The molecule has 0 radical (unpaired) electrons. The van der Waals surface area contributed by atoms with Crippen LogP contribution in [-0.4, -0.2) is 31.2 Å². The fourth-order valence-electron chi connectivity index (χ4n) is 2.46. The number of aryl methyl sites for hydroxylation is 1. The van der Waals surface area contributed by atoms with Crippen molar-refractivity contribution in [1.29, 1.82) is 0 Å². The monoisotopic (exact) mass is 341 g/mol.